The van der Waals surface area contributed by atoms with Crippen molar-refractivity contribution < 1.29 is 4.79 Å². The molecule has 6 heteroatoms. The summed E-state index contributed by atoms with van der Waals surface area (Å²) in [5, 5.41) is 14.2. The van der Waals surface area contributed by atoms with Crippen LogP contribution in [0.2, 0.25) is 0 Å². The van der Waals surface area contributed by atoms with Gasteiger partial charge in [-0.1, -0.05) is 22.9 Å². The normalized spacial score (nSPS) is 14.1. The number of nitrogens with zero attached hydrogens (tertiary/aromatic N) is 3. The maximum atomic E-state index is 11.9. The van der Waals surface area contributed by atoms with Crippen LogP contribution in [0.4, 0.5) is 5.69 Å². The predicted molar refractivity (Wildman–Crippen MR) is 79.7 cm³/mol. The van der Waals surface area contributed by atoms with Crippen molar-refractivity contribution in [2.24, 2.45) is 0 Å². The van der Waals surface area contributed by atoms with E-state index >= 15 is 0 Å². The van der Waals surface area contributed by atoms with Gasteiger partial charge in [0.15, 0.2) is 0 Å². The van der Waals surface area contributed by atoms with Crippen molar-refractivity contribution in [1.82, 2.24) is 20.3 Å². The van der Waals surface area contributed by atoms with Gasteiger partial charge in [-0.3, -0.25) is 4.79 Å². The molecule has 1 saturated carbocycles. The molecule has 2 aromatic rings. The maximum Gasteiger partial charge on any atom is 0.246 e. The third-order valence-electron chi connectivity index (χ3n) is 3.38. The quantitative estimate of drug-likeness (QED) is 0.843. The zero-order valence-corrected chi connectivity index (χ0v) is 12.0. The molecule has 1 amide bonds. The van der Waals surface area contributed by atoms with Gasteiger partial charge in [0.2, 0.25) is 5.91 Å². The van der Waals surface area contributed by atoms with Crippen LogP contribution in [0.1, 0.15) is 24.1 Å². The summed E-state index contributed by atoms with van der Waals surface area (Å²) >= 11 is 0. The summed E-state index contributed by atoms with van der Waals surface area (Å²) in [5.41, 5.74) is 2.82. The Balaban J connectivity index is 1.50. The lowest BCUT2D eigenvalue weighted by Gasteiger charge is -2.05. The Bertz CT molecular complexity index is 615. The van der Waals surface area contributed by atoms with Gasteiger partial charge in [-0.2, -0.15) is 0 Å². The van der Waals surface area contributed by atoms with Crippen molar-refractivity contribution in [3.8, 4) is 0 Å². The number of rotatable bonds is 6. The summed E-state index contributed by atoms with van der Waals surface area (Å²) in [6, 6.07) is 8.35. The molecule has 1 aliphatic carbocycles. The molecule has 1 aromatic heterocycles. The average Bonchev–Trinajstić information content (AvgIpc) is 3.19. The Morgan fingerprint density at radius 2 is 2.10 bits per heavy atom. The molecule has 0 atom stereocenters. The Morgan fingerprint density at radius 1 is 1.33 bits per heavy atom. The monoisotopic (exact) mass is 285 g/mol. The minimum atomic E-state index is -0.106. The summed E-state index contributed by atoms with van der Waals surface area (Å²) < 4.78 is 1.56. The van der Waals surface area contributed by atoms with Crippen LogP contribution >= 0.6 is 0 Å². The standard InChI is InChI=1S/C15H19N5O/c1-11-2-4-13(5-3-11)17-15(21)10-20-9-14(18-19-20)8-16-12-6-7-12/h2-5,9,12,16H,6-8,10H2,1H3,(H,17,21). The third-order valence-corrected chi connectivity index (χ3v) is 3.38. The smallest absolute Gasteiger partial charge is 0.246 e. The minimum Gasteiger partial charge on any atom is -0.324 e. The highest BCUT2D eigenvalue weighted by Gasteiger charge is 2.20. The zero-order valence-electron chi connectivity index (χ0n) is 12.0. The summed E-state index contributed by atoms with van der Waals surface area (Å²) in [7, 11) is 0. The van der Waals surface area contributed by atoms with E-state index in [0.29, 0.717) is 12.6 Å². The van der Waals surface area contributed by atoms with Gasteiger partial charge in [0.25, 0.3) is 0 Å². The number of amides is 1. The molecule has 0 bridgehead atoms. The van der Waals surface area contributed by atoms with Crippen molar-refractivity contribution in [1.29, 1.82) is 0 Å². The first-order valence-electron chi connectivity index (χ1n) is 7.18. The molecule has 0 spiro atoms. The molecule has 3 rings (SSSR count). The van der Waals surface area contributed by atoms with Crippen LogP contribution in [0.3, 0.4) is 0 Å². The molecule has 1 heterocycles. The van der Waals surface area contributed by atoms with Gasteiger partial charge < -0.3 is 10.6 Å². The van der Waals surface area contributed by atoms with E-state index < -0.39 is 0 Å². The minimum absolute atomic E-state index is 0.106. The third kappa shape index (κ3) is 4.13. The first kappa shape index (κ1) is 13.8. The van der Waals surface area contributed by atoms with E-state index in [2.05, 4.69) is 20.9 Å². The zero-order chi connectivity index (χ0) is 14.7. The van der Waals surface area contributed by atoms with Gasteiger partial charge in [0.1, 0.15) is 6.54 Å². The highest BCUT2D eigenvalue weighted by Crippen LogP contribution is 2.18. The Labute approximate surface area is 123 Å². The van der Waals surface area contributed by atoms with Gasteiger partial charge in [-0.15, -0.1) is 5.10 Å². The van der Waals surface area contributed by atoms with Crippen LogP contribution in [0, 0.1) is 6.92 Å². The number of benzene rings is 1. The number of nitrogens with one attached hydrogen (secondary N) is 2. The highest BCUT2D eigenvalue weighted by molar-refractivity contribution is 5.90. The lowest BCUT2D eigenvalue weighted by molar-refractivity contribution is -0.116. The van der Waals surface area contributed by atoms with E-state index in [4.69, 9.17) is 0 Å². The van der Waals surface area contributed by atoms with Crippen LogP contribution in [0.25, 0.3) is 0 Å². The Morgan fingerprint density at radius 3 is 2.81 bits per heavy atom. The number of hydrogen-bond donors (Lipinski definition) is 2. The molecule has 6 nitrogen and oxygen atoms in total. The second-order valence-corrected chi connectivity index (χ2v) is 5.48. The molecule has 1 aromatic carbocycles. The predicted octanol–water partition coefficient (Wildman–Crippen LogP) is 1.48. The van der Waals surface area contributed by atoms with Crippen LogP contribution in [0.15, 0.2) is 30.5 Å². The van der Waals surface area contributed by atoms with E-state index in [1.54, 1.807) is 4.68 Å². The molecule has 0 saturated heterocycles. The van der Waals surface area contributed by atoms with Crippen LogP contribution in [-0.4, -0.2) is 26.9 Å². The van der Waals surface area contributed by atoms with E-state index in [1.165, 1.54) is 12.8 Å². The first-order chi connectivity index (χ1) is 10.2. The van der Waals surface area contributed by atoms with E-state index in [0.717, 1.165) is 16.9 Å². The molecule has 1 fully saturated rings. The van der Waals surface area contributed by atoms with Crippen molar-refractivity contribution in [3.05, 3.63) is 41.7 Å². The summed E-state index contributed by atoms with van der Waals surface area (Å²) in [6.45, 7) is 2.90. The van der Waals surface area contributed by atoms with Crippen LogP contribution in [-0.2, 0) is 17.9 Å². The topological polar surface area (TPSA) is 71.8 Å². The molecular formula is C15H19N5O. The summed E-state index contributed by atoms with van der Waals surface area (Å²) in [4.78, 5) is 11.9. The molecule has 0 aliphatic heterocycles. The number of carbonyl (C=O) groups is 1. The Hall–Kier alpha value is -2.21. The van der Waals surface area contributed by atoms with Gasteiger partial charge in [0.05, 0.1) is 11.9 Å². The van der Waals surface area contributed by atoms with Gasteiger partial charge in [-0.05, 0) is 31.9 Å². The van der Waals surface area contributed by atoms with Gasteiger partial charge in [-0.25, -0.2) is 4.68 Å². The lowest BCUT2D eigenvalue weighted by Crippen LogP contribution is -2.19. The van der Waals surface area contributed by atoms with E-state index in [9.17, 15) is 4.79 Å². The molecule has 21 heavy (non-hydrogen) atoms. The molecular weight excluding hydrogens is 266 g/mol. The van der Waals surface area contributed by atoms with Crippen molar-refractivity contribution in [2.45, 2.75) is 38.9 Å². The lowest BCUT2D eigenvalue weighted by atomic mass is 10.2. The SMILES string of the molecule is Cc1ccc(NC(=O)Cn2cc(CNC3CC3)nn2)cc1. The van der Waals surface area contributed by atoms with E-state index in [-0.39, 0.29) is 12.5 Å². The summed E-state index contributed by atoms with van der Waals surface area (Å²) in [5.74, 6) is -0.106. The second-order valence-electron chi connectivity index (χ2n) is 5.48. The highest BCUT2D eigenvalue weighted by atomic mass is 16.2. The number of carbonyl (C=O) groups excluding carboxylic acids is 1. The maximum absolute atomic E-state index is 11.9. The van der Waals surface area contributed by atoms with Crippen molar-refractivity contribution in [2.75, 3.05) is 5.32 Å². The fraction of sp³-hybridized carbons (Fsp3) is 0.400. The molecule has 0 unspecified atom stereocenters. The molecule has 1 aliphatic rings. The van der Waals surface area contributed by atoms with Crippen molar-refractivity contribution in [3.63, 3.8) is 0 Å². The van der Waals surface area contributed by atoms with E-state index in [1.807, 2.05) is 37.4 Å². The molecule has 0 radical (unpaired) electrons. The average molecular weight is 285 g/mol. The number of hydrogen-bond acceptors (Lipinski definition) is 4. The fourth-order valence-corrected chi connectivity index (χ4v) is 2.02. The van der Waals surface area contributed by atoms with Crippen LogP contribution < -0.4 is 10.6 Å². The largest absolute Gasteiger partial charge is 0.324 e. The van der Waals surface area contributed by atoms with Gasteiger partial charge >= 0.3 is 0 Å². The fourth-order valence-electron chi connectivity index (χ4n) is 2.02. The number of anilines is 1. The summed E-state index contributed by atoms with van der Waals surface area (Å²) in [6.07, 6.45) is 4.30. The first-order valence-corrected chi connectivity index (χ1v) is 7.18. The number of aryl methyl sites for hydroxylation is 1. The Kier molecular flexibility index (Phi) is 3.96. The molecule has 2 N–H and O–H groups in total. The van der Waals surface area contributed by atoms with Crippen molar-refractivity contribution >= 4 is 11.6 Å². The van der Waals surface area contributed by atoms with Gasteiger partial charge in [0, 0.05) is 18.3 Å². The van der Waals surface area contributed by atoms with Crippen LogP contribution in [0.5, 0.6) is 0 Å². The second kappa shape index (κ2) is 6.05. The number of aromatic nitrogens is 3. The molecule has 110 valence electrons.